The summed E-state index contributed by atoms with van der Waals surface area (Å²) in [5.41, 5.74) is 6.04. The number of likely N-dealkylation sites (tertiary alicyclic amines) is 1. The van der Waals surface area contributed by atoms with Gasteiger partial charge in [0, 0.05) is 36.6 Å². The lowest BCUT2D eigenvalue weighted by Crippen LogP contribution is -2.44. The minimum absolute atomic E-state index is 0.755. The molecule has 1 aliphatic heterocycles. The van der Waals surface area contributed by atoms with Crippen molar-refractivity contribution < 1.29 is 0 Å². The Morgan fingerprint density at radius 2 is 1.62 bits per heavy atom. The van der Waals surface area contributed by atoms with Crippen LogP contribution < -0.4 is 0 Å². The Labute approximate surface area is 159 Å². The van der Waals surface area contributed by atoms with Crippen LogP contribution in [-0.4, -0.2) is 28.1 Å². The lowest BCUT2D eigenvalue weighted by molar-refractivity contribution is 0.101. The maximum atomic E-state index is 2.75. The fourth-order valence-electron chi connectivity index (χ4n) is 5.20. The summed E-state index contributed by atoms with van der Waals surface area (Å²) in [6, 6.07) is 15.0. The first kappa shape index (κ1) is 17.9. The average molecular weight is 351 g/mol. The fraction of sp³-hybridized carbons (Fsp3) is 0.583. The number of piperidine rings is 1. The Kier molecular flexibility index (Phi) is 5.49. The molecule has 26 heavy (non-hydrogen) atoms. The first-order chi connectivity index (χ1) is 12.7. The van der Waals surface area contributed by atoms with Gasteiger partial charge in [-0.1, -0.05) is 36.8 Å². The molecule has 4 rings (SSSR count). The predicted molar refractivity (Wildman–Crippen MR) is 111 cm³/mol. The van der Waals surface area contributed by atoms with Gasteiger partial charge in [0.25, 0.3) is 0 Å². The van der Waals surface area contributed by atoms with Crippen LogP contribution in [-0.2, 0) is 19.4 Å². The number of rotatable bonds is 5. The first-order valence-electron chi connectivity index (χ1n) is 10.8. The molecule has 1 aromatic carbocycles. The highest BCUT2D eigenvalue weighted by Crippen LogP contribution is 2.31. The van der Waals surface area contributed by atoms with E-state index in [0.29, 0.717) is 0 Å². The van der Waals surface area contributed by atoms with Gasteiger partial charge < -0.3 is 4.57 Å². The van der Waals surface area contributed by atoms with Gasteiger partial charge in [-0.15, -0.1) is 0 Å². The molecule has 0 radical (unpaired) electrons. The minimum Gasteiger partial charge on any atom is -0.344 e. The fourth-order valence-corrected chi connectivity index (χ4v) is 5.20. The number of aryl methyl sites for hydroxylation is 1. The minimum atomic E-state index is 0.755. The van der Waals surface area contributed by atoms with Crippen LogP contribution in [0.25, 0.3) is 11.3 Å². The van der Waals surface area contributed by atoms with Gasteiger partial charge in [0.1, 0.15) is 0 Å². The zero-order valence-corrected chi connectivity index (χ0v) is 16.6. The van der Waals surface area contributed by atoms with E-state index in [4.69, 9.17) is 0 Å². The maximum Gasteiger partial charge on any atom is 0.0485 e. The lowest BCUT2D eigenvalue weighted by Gasteiger charge is -2.39. The number of nitrogens with zero attached hydrogens (tertiary/aromatic N) is 2. The Bertz CT molecular complexity index is 705. The summed E-state index contributed by atoms with van der Waals surface area (Å²) in [6.07, 6.45) is 10.6. The summed E-state index contributed by atoms with van der Waals surface area (Å²) < 4.78 is 2.66. The Morgan fingerprint density at radius 3 is 2.38 bits per heavy atom. The van der Waals surface area contributed by atoms with E-state index >= 15 is 0 Å². The SMILES string of the molecule is CC1CCCC(C)N1CCCn1c(-c2ccccc2)cc2c1CCCC2. The van der Waals surface area contributed by atoms with Gasteiger partial charge in [0.2, 0.25) is 0 Å². The van der Waals surface area contributed by atoms with Crippen molar-refractivity contribution in [2.45, 2.75) is 83.8 Å². The van der Waals surface area contributed by atoms with Crippen molar-refractivity contribution in [2.75, 3.05) is 6.54 Å². The third-order valence-electron chi connectivity index (χ3n) is 6.65. The van der Waals surface area contributed by atoms with Crippen LogP contribution in [0.4, 0.5) is 0 Å². The summed E-state index contributed by atoms with van der Waals surface area (Å²) >= 11 is 0. The number of aromatic nitrogens is 1. The zero-order valence-electron chi connectivity index (χ0n) is 16.6. The van der Waals surface area contributed by atoms with Crippen LogP contribution in [0.3, 0.4) is 0 Å². The number of benzene rings is 1. The van der Waals surface area contributed by atoms with Crippen molar-refractivity contribution >= 4 is 0 Å². The van der Waals surface area contributed by atoms with Crippen molar-refractivity contribution in [1.82, 2.24) is 9.47 Å². The van der Waals surface area contributed by atoms with Gasteiger partial charge >= 0.3 is 0 Å². The third kappa shape index (κ3) is 3.62. The molecule has 1 aromatic heterocycles. The van der Waals surface area contributed by atoms with Crippen LogP contribution in [0, 0.1) is 0 Å². The molecular formula is C24H34N2. The predicted octanol–water partition coefficient (Wildman–Crippen LogP) is 5.69. The quantitative estimate of drug-likeness (QED) is 0.673. The summed E-state index contributed by atoms with van der Waals surface area (Å²) in [7, 11) is 0. The average Bonchev–Trinajstić information content (AvgIpc) is 3.04. The van der Waals surface area contributed by atoms with Crippen LogP contribution in [0.2, 0.25) is 0 Å². The standard InChI is InChI=1S/C24H34N2/c1-19-10-8-11-20(2)25(19)16-9-17-26-23-15-7-6-14-22(23)18-24(26)21-12-4-3-5-13-21/h3-5,12-13,18-20H,6-11,14-17H2,1-2H3. The van der Waals surface area contributed by atoms with Gasteiger partial charge in [-0.05, 0) is 76.0 Å². The topological polar surface area (TPSA) is 8.17 Å². The second kappa shape index (κ2) is 8.00. The highest BCUT2D eigenvalue weighted by Gasteiger charge is 2.24. The molecule has 2 heteroatoms. The molecule has 2 heterocycles. The zero-order chi connectivity index (χ0) is 17.9. The molecule has 0 spiro atoms. The Hall–Kier alpha value is -1.54. The molecule has 0 N–H and O–H groups in total. The summed E-state index contributed by atoms with van der Waals surface area (Å²) in [5, 5.41) is 0. The molecule has 1 saturated heterocycles. The highest BCUT2D eigenvalue weighted by molar-refractivity contribution is 5.62. The van der Waals surface area contributed by atoms with Gasteiger partial charge in [-0.2, -0.15) is 0 Å². The van der Waals surface area contributed by atoms with Gasteiger partial charge in [0.05, 0.1) is 0 Å². The molecular weight excluding hydrogens is 316 g/mol. The summed E-state index contributed by atoms with van der Waals surface area (Å²) in [4.78, 5) is 2.75. The molecule has 2 nitrogen and oxygen atoms in total. The molecule has 1 fully saturated rings. The van der Waals surface area contributed by atoms with Crippen molar-refractivity contribution in [3.05, 3.63) is 47.7 Å². The van der Waals surface area contributed by atoms with Crippen LogP contribution in [0.5, 0.6) is 0 Å². The summed E-state index contributed by atoms with van der Waals surface area (Å²) in [5.74, 6) is 0. The molecule has 2 aromatic rings. The van der Waals surface area contributed by atoms with E-state index in [1.807, 2.05) is 0 Å². The molecule has 140 valence electrons. The molecule has 2 atom stereocenters. The molecule has 1 aliphatic carbocycles. The molecule has 2 unspecified atom stereocenters. The maximum absolute atomic E-state index is 2.75. The number of hydrogen-bond donors (Lipinski definition) is 0. The van der Waals surface area contributed by atoms with Crippen molar-refractivity contribution in [1.29, 1.82) is 0 Å². The molecule has 2 aliphatic rings. The second-order valence-corrected chi connectivity index (χ2v) is 8.45. The van der Waals surface area contributed by atoms with Crippen LogP contribution in [0.15, 0.2) is 36.4 Å². The lowest BCUT2D eigenvalue weighted by atomic mass is 9.97. The number of fused-ring (bicyclic) bond motifs is 1. The molecule has 0 bridgehead atoms. The van der Waals surface area contributed by atoms with Crippen molar-refractivity contribution in [3.8, 4) is 11.3 Å². The van der Waals surface area contributed by atoms with E-state index < -0.39 is 0 Å². The van der Waals surface area contributed by atoms with E-state index in [1.165, 1.54) is 69.2 Å². The van der Waals surface area contributed by atoms with Crippen molar-refractivity contribution in [3.63, 3.8) is 0 Å². The molecule has 0 saturated carbocycles. The Morgan fingerprint density at radius 1 is 0.885 bits per heavy atom. The van der Waals surface area contributed by atoms with Gasteiger partial charge in [0.15, 0.2) is 0 Å². The van der Waals surface area contributed by atoms with Gasteiger partial charge in [-0.25, -0.2) is 0 Å². The van der Waals surface area contributed by atoms with E-state index in [9.17, 15) is 0 Å². The first-order valence-corrected chi connectivity index (χ1v) is 10.8. The monoisotopic (exact) mass is 350 g/mol. The van der Waals surface area contributed by atoms with E-state index in [0.717, 1.165) is 18.6 Å². The molecule has 0 amide bonds. The van der Waals surface area contributed by atoms with Crippen LogP contribution >= 0.6 is 0 Å². The highest BCUT2D eigenvalue weighted by atomic mass is 15.2. The van der Waals surface area contributed by atoms with Crippen molar-refractivity contribution in [2.24, 2.45) is 0 Å². The second-order valence-electron chi connectivity index (χ2n) is 8.45. The van der Waals surface area contributed by atoms with E-state index in [2.05, 4.69) is 59.7 Å². The van der Waals surface area contributed by atoms with Gasteiger partial charge in [-0.3, -0.25) is 4.90 Å². The van der Waals surface area contributed by atoms with Crippen LogP contribution in [0.1, 0.15) is 63.6 Å². The third-order valence-corrected chi connectivity index (χ3v) is 6.65. The summed E-state index contributed by atoms with van der Waals surface area (Å²) in [6.45, 7) is 7.24. The normalized spacial score (nSPS) is 23.8. The smallest absolute Gasteiger partial charge is 0.0485 e. The van der Waals surface area contributed by atoms with E-state index in [-0.39, 0.29) is 0 Å². The van der Waals surface area contributed by atoms with E-state index in [1.54, 1.807) is 11.3 Å². The Balaban J connectivity index is 1.53. The largest absolute Gasteiger partial charge is 0.344 e. The number of hydrogen-bond acceptors (Lipinski definition) is 1.